The fraction of sp³-hybridized carbons (Fsp3) is 1.00. The summed E-state index contributed by atoms with van der Waals surface area (Å²) >= 11 is 0. The molecule has 27 heavy (non-hydrogen) atoms. The molecule has 4 unspecified atom stereocenters. The van der Waals surface area contributed by atoms with Crippen molar-refractivity contribution < 1.29 is 23.7 Å². The Balaban J connectivity index is 1.60. The van der Waals surface area contributed by atoms with E-state index in [9.17, 15) is 0 Å². The highest BCUT2D eigenvalue weighted by Gasteiger charge is 2.20. The first-order valence-corrected chi connectivity index (χ1v) is 10.7. The Morgan fingerprint density at radius 1 is 0.815 bits per heavy atom. The van der Waals surface area contributed by atoms with E-state index in [2.05, 4.69) is 37.5 Å². The third kappa shape index (κ3) is 9.17. The largest absolute Gasteiger partial charge is 0.376 e. The Morgan fingerprint density at radius 3 is 1.63 bits per heavy atom. The number of nitrogens with zero attached hydrogens (tertiary/aromatic N) is 2. The second-order valence-corrected chi connectivity index (χ2v) is 7.52. The standard InChI is InChI=1S/C20H40N2O5/c1-5-19(25-13-9-21-7-11-23-17(3)15-21)27-20(6-2)26-14-10-22-8-12-24-18(4)16-22/h17-20H,5-16H2,1-4H3. The van der Waals surface area contributed by atoms with Crippen LogP contribution in [0, 0.1) is 0 Å². The first kappa shape index (κ1) is 23.0. The van der Waals surface area contributed by atoms with Crippen molar-refractivity contribution in [1.82, 2.24) is 9.80 Å². The molecule has 0 spiro atoms. The van der Waals surface area contributed by atoms with Crippen LogP contribution in [-0.2, 0) is 23.7 Å². The summed E-state index contributed by atoms with van der Waals surface area (Å²) in [5, 5.41) is 0. The molecular weight excluding hydrogens is 348 g/mol. The second kappa shape index (κ2) is 13.0. The van der Waals surface area contributed by atoms with Crippen LogP contribution in [0.1, 0.15) is 40.5 Å². The van der Waals surface area contributed by atoms with Crippen molar-refractivity contribution in [2.24, 2.45) is 0 Å². The molecule has 7 nitrogen and oxygen atoms in total. The third-order valence-corrected chi connectivity index (χ3v) is 5.04. The van der Waals surface area contributed by atoms with E-state index >= 15 is 0 Å². The molecule has 0 aromatic rings. The van der Waals surface area contributed by atoms with Crippen molar-refractivity contribution >= 4 is 0 Å². The topological polar surface area (TPSA) is 52.6 Å². The van der Waals surface area contributed by atoms with Gasteiger partial charge in [-0.3, -0.25) is 9.80 Å². The highest BCUT2D eigenvalue weighted by Crippen LogP contribution is 2.11. The van der Waals surface area contributed by atoms with Gasteiger partial charge in [-0.15, -0.1) is 0 Å². The van der Waals surface area contributed by atoms with Crippen molar-refractivity contribution in [2.45, 2.75) is 65.3 Å². The van der Waals surface area contributed by atoms with Gasteiger partial charge in [0.25, 0.3) is 0 Å². The van der Waals surface area contributed by atoms with Crippen molar-refractivity contribution in [2.75, 3.05) is 65.7 Å². The predicted molar refractivity (Wildman–Crippen MR) is 105 cm³/mol. The number of morpholine rings is 2. The molecule has 0 N–H and O–H groups in total. The van der Waals surface area contributed by atoms with Gasteiger partial charge in [0.2, 0.25) is 0 Å². The zero-order valence-electron chi connectivity index (χ0n) is 17.7. The zero-order chi connectivity index (χ0) is 19.5. The molecule has 4 atom stereocenters. The van der Waals surface area contributed by atoms with Gasteiger partial charge in [-0.2, -0.15) is 0 Å². The molecule has 0 bridgehead atoms. The minimum atomic E-state index is -0.211. The molecule has 7 heteroatoms. The van der Waals surface area contributed by atoms with Crippen molar-refractivity contribution in [1.29, 1.82) is 0 Å². The molecule has 0 aliphatic carbocycles. The molecule has 2 heterocycles. The summed E-state index contributed by atoms with van der Waals surface area (Å²) < 4.78 is 29.1. The second-order valence-electron chi connectivity index (χ2n) is 7.52. The van der Waals surface area contributed by atoms with Crippen LogP contribution in [-0.4, -0.2) is 100 Å². The highest BCUT2D eigenvalue weighted by atomic mass is 16.8. The van der Waals surface area contributed by atoms with Gasteiger partial charge in [0.15, 0.2) is 12.6 Å². The minimum Gasteiger partial charge on any atom is -0.376 e. The van der Waals surface area contributed by atoms with E-state index in [1.54, 1.807) is 0 Å². The van der Waals surface area contributed by atoms with Gasteiger partial charge in [-0.25, -0.2) is 0 Å². The fourth-order valence-electron chi connectivity index (χ4n) is 3.49. The van der Waals surface area contributed by atoms with E-state index in [4.69, 9.17) is 23.7 Å². The minimum absolute atomic E-state index is 0.211. The van der Waals surface area contributed by atoms with E-state index in [1.807, 2.05) is 0 Å². The van der Waals surface area contributed by atoms with Gasteiger partial charge in [0.05, 0.1) is 38.6 Å². The lowest BCUT2D eigenvalue weighted by molar-refractivity contribution is -0.248. The Kier molecular flexibility index (Phi) is 11.1. The normalized spacial score (nSPS) is 27.6. The van der Waals surface area contributed by atoms with E-state index in [0.29, 0.717) is 25.4 Å². The van der Waals surface area contributed by atoms with Crippen molar-refractivity contribution in [3.8, 4) is 0 Å². The van der Waals surface area contributed by atoms with Crippen LogP contribution in [0.2, 0.25) is 0 Å². The van der Waals surface area contributed by atoms with E-state index in [0.717, 1.165) is 65.3 Å². The van der Waals surface area contributed by atoms with E-state index in [1.165, 1.54) is 0 Å². The Hall–Kier alpha value is -0.280. The summed E-state index contributed by atoms with van der Waals surface area (Å²) in [5.74, 6) is 0. The number of ether oxygens (including phenoxy) is 5. The van der Waals surface area contributed by atoms with Crippen LogP contribution in [0.3, 0.4) is 0 Å². The lowest BCUT2D eigenvalue weighted by Crippen LogP contribution is -2.43. The van der Waals surface area contributed by atoms with Gasteiger partial charge in [-0.05, 0) is 26.7 Å². The summed E-state index contributed by atoms with van der Waals surface area (Å²) in [7, 11) is 0. The quantitative estimate of drug-likeness (QED) is 0.474. The van der Waals surface area contributed by atoms with Crippen LogP contribution >= 0.6 is 0 Å². The number of hydrogen-bond acceptors (Lipinski definition) is 7. The maximum absolute atomic E-state index is 6.04. The third-order valence-electron chi connectivity index (χ3n) is 5.04. The molecule has 0 aromatic heterocycles. The maximum Gasteiger partial charge on any atom is 0.160 e. The highest BCUT2D eigenvalue weighted by molar-refractivity contribution is 4.68. The molecule has 160 valence electrons. The SMILES string of the molecule is CCC(OCCN1CCOC(C)C1)OC(CC)OCCN1CCOC(C)C1. The predicted octanol–water partition coefficient (Wildman–Crippen LogP) is 1.95. The van der Waals surface area contributed by atoms with Gasteiger partial charge < -0.3 is 23.7 Å². The molecule has 0 radical (unpaired) electrons. The van der Waals surface area contributed by atoms with Crippen LogP contribution in [0.4, 0.5) is 0 Å². The summed E-state index contributed by atoms with van der Waals surface area (Å²) in [5.41, 5.74) is 0. The van der Waals surface area contributed by atoms with Gasteiger partial charge in [-0.1, -0.05) is 13.8 Å². The Labute approximate surface area is 165 Å². The fourth-order valence-corrected chi connectivity index (χ4v) is 3.49. The molecular formula is C20H40N2O5. The van der Waals surface area contributed by atoms with Crippen molar-refractivity contribution in [3.63, 3.8) is 0 Å². The van der Waals surface area contributed by atoms with E-state index < -0.39 is 0 Å². The summed E-state index contributed by atoms with van der Waals surface area (Å²) in [6.07, 6.45) is 1.84. The summed E-state index contributed by atoms with van der Waals surface area (Å²) in [6.45, 7) is 17.1. The molecule has 0 amide bonds. The Morgan fingerprint density at radius 2 is 1.26 bits per heavy atom. The lowest BCUT2D eigenvalue weighted by Gasteiger charge is -2.32. The average molecular weight is 389 g/mol. The van der Waals surface area contributed by atoms with Crippen LogP contribution < -0.4 is 0 Å². The summed E-state index contributed by atoms with van der Waals surface area (Å²) in [4.78, 5) is 4.77. The molecule has 2 rings (SSSR count). The van der Waals surface area contributed by atoms with Gasteiger partial charge in [0, 0.05) is 39.3 Å². The zero-order valence-corrected chi connectivity index (χ0v) is 17.7. The molecule has 0 saturated carbocycles. The van der Waals surface area contributed by atoms with Crippen LogP contribution in [0.25, 0.3) is 0 Å². The van der Waals surface area contributed by atoms with E-state index in [-0.39, 0.29) is 12.6 Å². The Bertz CT molecular complexity index is 353. The first-order valence-electron chi connectivity index (χ1n) is 10.7. The molecule has 2 fully saturated rings. The summed E-state index contributed by atoms with van der Waals surface area (Å²) in [6, 6.07) is 0. The molecule has 2 aliphatic rings. The smallest absolute Gasteiger partial charge is 0.160 e. The number of rotatable bonds is 12. The van der Waals surface area contributed by atoms with Crippen LogP contribution in [0.5, 0.6) is 0 Å². The molecule has 0 aromatic carbocycles. The monoisotopic (exact) mass is 388 g/mol. The number of hydrogen-bond donors (Lipinski definition) is 0. The van der Waals surface area contributed by atoms with Crippen molar-refractivity contribution in [3.05, 3.63) is 0 Å². The average Bonchev–Trinajstić information content (AvgIpc) is 2.66. The van der Waals surface area contributed by atoms with Gasteiger partial charge in [0.1, 0.15) is 0 Å². The first-order chi connectivity index (χ1) is 13.1. The van der Waals surface area contributed by atoms with Gasteiger partial charge >= 0.3 is 0 Å². The lowest BCUT2D eigenvalue weighted by atomic mass is 10.3. The van der Waals surface area contributed by atoms with Crippen LogP contribution in [0.15, 0.2) is 0 Å². The maximum atomic E-state index is 6.04. The molecule has 2 saturated heterocycles. The molecule has 2 aliphatic heterocycles.